The minimum Gasteiger partial charge on any atom is -0.384 e. The molecule has 0 unspecified atom stereocenters. The second kappa shape index (κ2) is 9.19. The van der Waals surface area contributed by atoms with Gasteiger partial charge in [0.2, 0.25) is 5.91 Å². The van der Waals surface area contributed by atoms with Crippen molar-refractivity contribution >= 4 is 17.2 Å². The van der Waals surface area contributed by atoms with Crippen LogP contribution in [-0.4, -0.2) is 59.0 Å². The van der Waals surface area contributed by atoms with Crippen LogP contribution in [0.2, 0.25) is 0 Å². The Bertz CT molecular complexity index is 896. The number of fused-ring (bicyclic) bond motifs is 1. The van der Waals surface area contributed by atoms with E-state index in [1.807, 2.05) is 4.90 Å². The number of likely N-dealkylation sites (tertiary alicyclic amines) is 1. The number of hydrogen-bond donors (Lipinski definition) is 1. The molecule has 2 aromatic heterocycles. The van der Waals surface area contributed by atoms with Crippen molar-refractivity contribution in [3.63, 3.8) is 0 Å². The Labute approximate surface area is 174 Å². The van der Waals surface area contributed by atoms with E-state index in [1.54, 1.807) is 18.4 Å². The highest BCUT2D eigenvalue weighted by atomic mass is 32.1. The van der Waals surface area contributed by atoms with E-state index in [2.05, 4.69) is 27.4 Å². The number of piperidine rings is 1. The summed E-state index contributed by atoms with van der Waals surface area (Å²) < 4.78 is 5.02. The van der Waals surface area contributed by atoms with Gasteiger partial charge in [0.15, 0.2) is 0 Å². The van der Waals surface area contributed by atoms with Crippen LogP contribution in [0, 0.1) is 0 Å². The molecule has 0 radical (unpaired) electrons. The lowest BCUT2D eigenvalue weighted by molar-refractivity contribution is -0.133. The van der Waals surface area contributed by atoms with Crippen molar-refractivity contribution in [1.29, 1.82) is 0 Å². The van der Waals surface area contributed by atoms with Gasteiger partial charge in [0.05, 0.1) is 24.3 Å². The molecule has 8 heteroatoms. The molecule has 1 saturated heterocycles. The van der Waals surface area contributed by atoms with Gasteiger partial charge in [0, 0.05) is 57.0 Å². The maximum absolute atomic E-state index is 12.8. The van der Waals surface area contributed by atoms with Gasteiger partial charge < -0.3 is 14.6 Å². The molecule has 4 rings (SSSR count). The van der Waals surface area contributed by atoms with Crippen molar-refractivity contribution < 1.29 is 9.53 Å². The van der Waals surface area contributed by atoms with E-state index in [-0.39, 0.29) is 17.4 Å². The molecular formula is C21H28N4O3S. The van der Waals surface area contributed by atoms with Crippen LogP contribution < -0.4 is 5.56 Å². The first kappa shape index (κ1) is 20.3. The molecule has 0 aliphatic carbocycles. The number of carbonyl (C=O) groups is 1. The van der Waals surface area contributed by atoms with Gasteiger partial charge in [-0.15, -0.1) is 11.3 Å². The molecule has 0 spiro atoms. The second-order valence-electron chi connectivity index (χ2n) is 7.84. The molecule has 2 aliphatic heterocycles. The summed E-state index contributed by atoms with van der Waals surface area (Å²) >= 11 is 1.75. The van der Waals surface area contributed by atoms with Gasteiger partial charge in [0.25, 0.3) is 5.56 Å². The van der Waals surface area contributed by atoms with Gasteiger partial charge in [-0.25, -0.2) is 4.98 Å². The van der Waals surface area contributed by atoms with E-state index in [0.29, 0.717) is 26.1 Å². The van der Waals surface area contributed by atoms with Crippen LogP contribution in [0.1, 0.15) is 47.1 Å². The summed E-state index contributed by atoms with van der Waals surface area (Å²) in [6, 6.07) is 4.19. The fraction of sp³-hybridized carbons (Fsp3) is 0.571. The van der Waals surface area contributed by atoms with Gasteiger partial charge in [-0.1, -0.05) is 6.07 Å². The molecule has 4 heterocycles. The zero-order chi connectivity index (χ0) is 20.2. The van der Waals surface area contributed by atoms with Gasteiger partial charge in [-0.05, 0) is 24.3 Å². The number of methoxy groups -OCH3 is 1. The fourth-order valence-electron chi connectivity index (χ4n) is 4.23. The van der Waals surface area contributed by atoms with E-state index in [4.69, 9.17) is 9.72 Å². The van der Waals surface area contributed by atoms with E-state index in [1.165, 1.54) is 4.88 Å². The number of amides is 1. The standard InChI is InChI=1S/C21H28N4O3S/c1-28-10-7-19(26)25-8-2-4-15(12-25)20-22-18-6-9-24(13-16-5-3-11-29-16)14-17(18)21(27)23-20/h3,5,11,15H,2,4,6-10,12-14H2,1H3,(H,22,23,27)/t15-/m0/s1. The Hall–Kier alpha value is -2.03. The predicted octanol–water partition coefficient (Wildman–Crippen LogP) is 2.13. The second-order valence-corrected chi connectivity index (χ2v) is 8.87. The quantitative estimate of drug-likeness (QED) is 0.781. The lowest BCUT2D eigenvalue weighted by Gasteiger charge is -2.33. The summed E-state index contributed by atoms with van der Waals surface area (Å²) in [4.78, 5) is 38.5. The van der Waals surface area contributed by atoms with Crippen LogP contribution in [0.3, 0.4) is 0 Å². The van der Waals surface area contributed by atoms with E-state index in [0.717, 1.165) is 56.0 Å². The minimum absolute atomic E-state index is 0.0243. The summed E-state index contributed by atoms with van der Waals surface area (Å²) in [7, 11) is 1.61. The van der Waals surface area contributed by atoms with Crippen LogP contribution in [0.4, 0.5) is 0 Å². The normalized spacial score (nSPS) is 19.9. The minimum atomic E-state index is -0.0243. The van der Waals surface area contributed by atoms with Crippen LogP contribution in [-0.2, 0) is 29.0 Å². The Kier molecular flexibility index (Phi) is 6.42. The number of nitrogens with zero attached hydrogens (tertiary/aromatic N) is 3. The number of H-pyrrole nitrogens is 1. The number of aromatic nitrogens is 2. The molecule has 1 amide bonds. The van der Waals surface area contributed by atoms with E-state index in [9.17, 15) is 9.59 Å². The molecule has 2 aromatic rings. The molecule has 29 heavy (non-hydrogen) atoms. The van der Waals surface area contributed by atoms with Crippen molar-refractivity contribution in [3.8, 4) is 0 Å². The summed E-state index contributed by atoms with van der Waals surface area (Å²) in [6.45, 7) is 4.26. The van der Waals surface area contributed by atoms with Crippen LogP contribution in [0.5, 0.6) is 0 Å². The number of nitrogens with one attached hydrogen (secondary N) is 1. The third-order valence-corrected chi connectivity index (χ3v) is 6.67. The number of rotatable bonds is 6. The largest absolute Gasteiger partial charge is 0.384 e. The molecule has 1 fully saturated rings. The van der Waals surface area contributed by atoms with Gasteiger partial charge >= 0.3 is 0 Å². The topological polar surface area (TPSA) is 78.5 Å². The molecule has 0 aromatic carbocycles. The SMILES string of the molecule is COCCC(=O)N1CCC[C@H](c2nc3c(c(=O)[nH]2)CN(Cc2cccs2)CC3)C1. The summed E-state index contributed by atoms with van der Waals surface area (Å²) in [5, 5.41) is 2.08. The van der Waals surface area contributed by atoms with Crippen molar-refractivity contribution in [2.75, 3.05) is 33.4 Å². The van der Waals surface area contributed by atoms with Gasteiger partial charge in [0.1, 0.15) is 5.82 Å². The number of ether oxygens (including phenoxy) is 1. The third-order valence-electron chi connectivity index (χ3n) is 5.81. The molecule has 156 valence electrons. The highest BCUT2D eigenvalue weighted by Crippen LogP contribution is 2.26. The first-order valence-electron chi connectivity index (χ1n) is 10.3. The Balaban J connectivity index is 1.45. The molecule has 0 bridgehead atoms. The Morgan fingerprint density at radius 2 is 2.31 bits per heavy atom. The highest BCUT2D eigenvalue weighted by Gasteiger charge is 2.28. The Morgan fingerprint density at radius 1 is 1.41 bits per heavy atom. The number of carbonyl (C=O) groups excluding carboxylic acids is 1. The molecule has 1 N–H and O–H groups in total. The van der Waals surface area contributed by atoms with Crippen molar-refractivity contribution in [3.05, 3.63) is 49.8 Å². The molecule has 1 atom stereocenters. The third kappa shape index (κ3) is 4.76. The average Bonchev–Trinajstić information content (AvgIpc) is 3.25. The monoisotopic (exact) mass is 416 g/mol. The fourth-order valence-corrected chi connectivity index (χ4v) is 4.97. The van der Waals surface area contributed by atoms with E-state index >= 15 is 0 Å². The molecular weight excluding hydrogens is 388 g/mol. The molecule has 7 nitrogen and oxygen atoms in total. The lowest BCUT2D eigenvalue weighted by Crippen LogP contribution is -2.41. The van der Waals surface area contributed by atoms with Gasteiger partial charge in [-0.2, -0.15) is 0 Å². The average molecular weight is 417 g/mol. The maximum atomic E-state index is 12.8. The Morgan fingerprint density at radius 3 is 3.10 bits per heavy atom. The summed E-state index contributed by atoms with van der Waals surface area (Å²) in [5.41, 5.74) is 1.69. The zero-order valence-electron chi connectivity index (χ0n) is 16.9. The predicted molar refractivity (Wildman–Crippen MR) is 112 cm³/mol. The lowest BCUT2D eigenvalue weighted by atomic mass is 9.96. The van der Waals surface area contributed by atoms with Crippen molar-refractivity contribution in [1.82, 2.24) is 19.8 Å². The van der Waals surface area contributed by atoms with Crippen molar-refractivity contribution in [2.24, 2.45) is 0 Å². The van der Waals surface area contributed by atoms with Gasteiger partial charge in [-0.3, -0.25) is 14.5 Å². The molecule has 0 saturated carbocycles. The highest BCUT2D eigenvalue weighted by molar-refractivity contribution is 7.09. The van der Waals surface area contributed by atoms with Crippen molar-refractivity contribution in [2.45, 2.75) is 44.7 Å². The smallest absolute Gasteiger partial charge is 0.255 e. The summed E-state index contributed by atoms with van der Waals surface area (Å²) in [6.07, 6.45) is 3.07. The van der Waals surface area contributed by atoms with Crippen LogP contribution in [0.15, 0.2) is 22.3 Å². The number of aromatic amines is 1. The first-order valence-corrected chi connectivity index (χ1v) is 11.2. The van der Waals surface area contributed by atoms with Crippen LogP contribution in [0.25, 0.3) is 0 Å². The maximum Gasteiger partial charge on any atom is 0.255 e. The first-order chi connectivity index (χ1) is 14.1. The van der Waals surface area contributed by atoms with E-state index < -0.39 is 0 Å². The molecule has 2 aliphatic rings. The number of hydrogen-bond acceptors (Lipinski definition) is 6. The zero-order valence-corrected chi connectivity index (χ0v) is 17.7. The van der Waals surface area contributed by atoms with Crippen LogP contribution >= 0.6 is 11.3 Å². The summed E-state index contributed by atoms with van der Waals surface area (Å²) in [5.74, 6) is 0.947. The number of thiophene rings is 1.